The Morgan fingerprint density at radius 3 is 2.30 bits per heavy atom. The summed E-state index contributed by atoms with van der Waals surface area (Å²) in [4.78, 5) is 8.31. The Balaban J connectivity index is 0.000000871. The topological polar surface area (TPSA) is 82.5 Å². The molecule has 3 aliphatic carbocycles. The second-order valence-electron chi connectivity index (χ2n) is 6.90. The van der Waals surface area contributed by atoms with E-state index < -0.39 is 0 Å². The van der Waals surface area contributed by atoms with Crippen molar-refractivity contribution in [2.45, 2.75) is 30.2 Å². The molecule has 27 heavy (non-hydrogen) atoms. The summed E-state index contributed by atoms with van der Waals surface area (Å²) in [5, 5.41) is 9.59. The van der Waals surface area contributed by atoms with E-state index in [0.717, 1.165) is 36.5 Å². The zero-order valence-electron chi connectivity index (χ0n) is 14.1. The second kappa shape index (κ2) is 7.53. The first-order chi connectivity index (χ1) is 11.6. The van der Waals surface area contributed by atoms with Crippen LogP contribution in [0.5, 0.6) is 0 Å². The number of benzene rings is 1. The monoisotopic (exact) mass is 446 g/mol. The summed E-state index contributed by atoms with van der Waals surface area (Å²) in [6, 6.07) is 9.55. The summed E-state index contributed by atoms with van der Waals surface area (Å²) in [6.07, 6.45) is 6.06. The number of hydrogen-bond acceptors (Lipinski definition) is 5. The lowest BCUT2D eigenvalue weighted by Crippen LogP contribution is -2.75. The summed E-state index contributed by atoms with van der Waals surface area (Å²) in [5.74, 6) is 1.60. The van der Waals surface area contributed by atoms with E-state index in [1.54, 1.807) is 6.20 Å². The van der Waals surface area contributed by atoms with E-state index >= 15 is 0 Å². The molecule has 144 valence electrons. The van der Waals surface area contributed by atoms with Crippen LogP contribution in [0.3, 0.4) is 0 Å². The number of nitrogens with two attached hydrogens (primary N) is 1. The van der Waals surface area contributed by atoms with Crippen LogP contribution in [0, 0.1) is 0 Å². The molecule has 6 rings (SSSR count). The van der Waals surface area contributed by atoms with Gasteiger partial charge in [-0.15, -0.1) is 47.4 Å². The minimum atomic E-state index is -0.00760. The number of aromatic nitrogens is 5. The lowest BCUT2D eigenvalue weighted by molar-refractivity contribution is -0.0663. The molecule has 0 aliphatic heterocycles. The molecule has 3 aromatic rings. The van der Waals surface area contributed by atoms with E-state index in [1.165, 1.54) is 6.33 Å². The lowest BCUT2D eigenvalue weighted by Gasteiger charge is -2.68. The van der Waals surface area contributed by atoms with E-state index in [4.69, 9.17) is 17.3 Å². The molecule has 0 saturated heterocycles. The molecule has 1 aromatic carbocycles. The molecule has 0 spiro atoms. The van der Waals surface area contributed by atoms with Crippen molar-refractivity contribution in [2.75, 3.05) is 0 Å². The first kappa shape index (κ1) is 21.9. The molecule has 2 heterocycles. The fraction of sp³-hybridized carbons (Fsp3) is 0.294. The van der Waals surface area contributed by atoms with Gasteiger partial charge in [0.05, 0.1) is 10.7 Å². The number of para-hydroxylation sites is 1. The highest BCUT2D eigenvalue weighted by Gasteiger charge is 2.68. The third-order valence-corrected chi connectivity index (χ3v) is 5.43. The molecule has 3 saturated carbocycles. The Morgan fingerprint density at radius 2 is 1.70 bits per heavy atom. The average molecular weight is 448 g/mol. The Labute approximate surface area is 180 Å². The zero-order valence-corrected chi connectivity index (χ0v) is 17.3. The van der Waals surface area contributed by atoms with Crippen molar-refractivity contribution in [1.82, 2.24) is 24.7 Å². The normalized spacial score (nSPS) is 24.4. The molecule has 0 radical (unpaired) electrons. The van der Waals surface area contributed by atoms with Crippen LogP contribution in [0.25, 0.3) is 17.2 Å². The fourth-order valence-electron chi connectivity index (χ4n) is 4.18. The first-order valence-electron chi connectivity index (χ1n) is 7.86. The lowest BCUT2D eigenvalue weighted by atomic mass is 9.39. The molecule has 6 nitrogen and oxygen atoms in total. The van der Waals surface area contributed by atoms with Gasteiger partial charge in [0, 0.05) is 17.2 Å². The van der Waals surface area contributed by atoms with Crippen LogP contribution >= 0.6 is 48.8 Å². The number of nitrogens with zero attached hydrogens (tertiary/aromatic N) is 5. The molecule has 0 atom stereocenters. The molecule has 10 heteroatoms. The maximum absolute atomic E-state index is 6.46. The quantitative estimate of drug-likeness (QED) is 0.660. The van der Waals surface area contributed by atoms with Crippen LogP contribution < -0.4 is 5.73 Å². The molecule has 2 bridgehead atoms. The molecular formula is C17H18Cl4N6. The summed E-state index contributed by atoms with van der Waals surface area (Å²) >= 11 is 6.46. The van der Waals surface area contributed by atoms with Gasteiger partial charge in [0.15, 0.2) is 5.82 Å². The van der Waals surface area contributed by atoms with Gasteiger partial charge in [-0.3, -0.25) is 4.57 Å². The van der Waals surface area contributed by atoms with Gasteiger partial charge in [0.2, 0.25) is 0 Å². The predicted octanol–water partition coefficient (Wildman–Crippen LogP) is 3.78. The largest absolute Gasteiger partial charge is 0.325 e. The van der Waals surface area contributed by atoms with E-state index in [0.29, 0.717) is 10.8 Å². The first-order valence-corrected chi connectivity index (χ1v) is 8.24. The van der Waals surface area contributed by atoms with Crippen molar-refractivity contribution >= 4 is 48.8 Å². The number of rotatable bonds is 3. The average Bonchev–Trinajstić information content (AvgIpc) is 2.97. The third-order valence-electron chi connectivity index (χ3n) is 5.11. The van der Waals surface area contributed by atoms with Crippen molar-refractivity contribution in [3.63, 3.8) is 0 Å². The van der Waals surface area contributed by atoms with Gasteiger partial charge in [-0.25, -0.2) is 9.97 Å². The predicted molar refractivity (Wildman–Crippen MR) is 112 cm³/mol. The van der Waals surface area contributed by atoms with Crippen LogP contribution in [0.4, 0.5) is 0 Å². The van der Waals surface area contributed by atoms with Gasteiger partial charge in [-0.2, -0.15) is 0 Å². The van der Waals surface area contributed by atoms with Crippen LogP contribution in [0.15, 0.2) is 42.9 Å². The third kappa shape index (κ3) is 3.19. The van der Waals surface area contributed by atoms with Gasteiger partial charge < -0.3 is 5.73 Å². The number of halogens is 4. The van der Waals surface area contributed by atoms with Gasteiger partial charge in [-0.1, -0.05) is 23.7 Å². The Morgan fingerprint density at radius 1 is 1.00 bits per heavy atom. The molecule has 0 amide bonds. The van der Waals surface area contributed by atoms with Crippen LogP contribution in [0.1, 0.15) is 25.1 Å². The Kier molecular flexibility index (Phi) is 6.09. The van der Waals surface area contributed by atoms with Crippen molar-refractivity contribution in [3.05, 3.63) is 53.7 Å². The maximum atomic E-state index is 6.46. The zero-order chi connectivity index (χ0) is 16.4. The van der Waals surface area contributed by atoms with E-state index in [9.17, 15) is 0 Å². The van der Waals surface area contributed by atoms with Crippen molar-refractivity contribution < 1.29 is 0 Å². The van der Waals surface area contributed by atoms with Gasteiger partial charge in [0.25, 0.3) is 0 Å². The van der Waals surface area contributed by atoms with Gasteiger partial charge in [0.1, 0.15) is 17.8 Å². The smallest absolute Gasteiger partial charge is 0.187 e. The molecule has 2 N–H and O–H groups in total. The van der Waals surface area contributed by atoms with E-state index in [-0.39, 0.29) is 48.2 Å². The highest BCUT2D eigenvalue weighted by atomic mass is 35.5. The molecule has 3 fully saturated rings. The Bertz CT molecular complexity index is 926. The molecular weight excluding hydrogens is 430 g/mol. The number of hydrogen-bond donors (Lipinski definition) is 1. The molecule has 0 unspecified atom stereocenters. The highest BCUT2D eigenvalue weighted by Crippen LogP contribution is 2.66. The summed E-state index contributed by atoms with van der Waals surface area (Å²) in [7, 11) is 0. The summed E-state index contributed by atoms with van der Waals surface area (Å²) in [6.45, 7) is 0. The SMILES string of the molecule is Cl.Cl.Cl.NC12CC(c3nnc(-c4ccncn4)n3-c3ccccc3Cl)(C1)C2. The van der Waals surface area contributed by atoms with Crippen molar-refractivity contribution in [2.24, 2.45) is 5.73 Å². The second-order valence-corrected chi connectivity index (χ2v) is 7.31. The van der Waals surface area contributed by atoms with E-state index in [1.807, 2.05) is 34.9 Å². The van der Waals surface area contributed by atoms with Crippen molar-refractivity contribution in [3.8, 4) is 17.2 Å². The summed E-state index contributed by atoms with van der Waals surface area (Å²) in [5.41, 5.74) is 7.84. The molecule has 2 aromatic heterocycles. The maximum Gasteiger partial charge on any atom is 0.187 e. The van der Waals surface area contributed by atoms with Crippen LogP contribution in [-0.4, -0.2) is 30.3 Å². The summed E-state index contributed by atoms with van der Waals surface area (Å²) < 4.78 is 2.03. The highest BCUT2D eigenvalue weighted by molar-refractivity contribution is 6.32. The van der Waals surface area contributed by atoms with Gasteiger partial charge >= 0.3 is 0 Å². The Hall–Kier alpha value is -1.44. The fourth-order valence-corrected chi connectivity index (χ4v) is 4.40. The van der Waals surface area contributed by atoms with Gasteiger partial charge in [-0.05, 0) is 37.5 Å². The van der Waals surface area contributed by atoms with Crippen LogP contribution in [0.2, 0.25) is 5.02 Å². The standard InChI is InChI=1S/C17H15ClN6.3ClH/c18-11-3-1-2-4-13(11)24-14(12-5-6-20-10-21-12)22-23-15(24)16-7-17(19,8-16)9-16;;;/h1-6,10H,7-9,19H2;3*1H. The molecule has 3 aliphatic rings. The minimum Gasteiger partial charge on any atom is -0.325 e. The van der Waals surface area contributed by atoms with Crippen molar-refractivity contribution in [1.29, 1.82) is 0 Å². The van der Waals surface area contributed by atoms with Crippen LogP contribution in [-0.2, 0) is 5.41 Å². The minimum absolute atomic E-state index is 0. The van der Waals surface area contributed by atoms with E-state index in [2.05, 4.69) is 20.2 Å².